The molecule has 1 atom stereocenters. The quantitative estimate of drug-likeness (QED) is 0.218. The smallest absolute Gasteiger partial charge is 0.416 e. The van der Waals surface area contributed by atoms with Gasteiger partial charge in [-0.25, -0.2) is 0 Å². The first kappa shape index (κ1) is 30.7. The van der Waals surface area contributed by atoms with Crippen LogP contribution in [-0.2, 0) is 34.8 Å². The van der Waals surface area contributed by atoms with E-state index in [0.717, 1.165) is 43.0 Å². The Morgan fingerprint density at radius 1 is 1.05 bits per heavy atom. The number of allylic oxidation sites excluding steroid dienone is 2. The van der Waals surface area contributed by atoms with Crippen molar-refractivity contribution >= 4 is 17.8 Å². The number of anilines is 1. The molecule has 0 fully saturated rings. The number of nitrogens with one attached hydrogen (secondary N) is 2. The van der Waals surface area contributed by atoms with E-state index in [9.17, 15) is 13.2 Å². The zero-order valence-electron chi connectivity index (χ0n) is 21.3. The Balaban J connectivity index is 0.000000309. The summed E-state index contributed by atoms with van der Waals surface area (Å²) >= 11 is 0. The van der Waals surface area contributed by atoms with Crippen LogP contribution in [-0.4, -0.2) is 30.9 Å². The minimum absolute atomic E-state index is 0. The van der Waals surface area contributed by atoms with Crippen molar-refractivity contribution in [2.45, 2.75) is 31.9 Å². The van der Waals surface area contributed by atoms with Crippen LogP contribution < -0.4 is 9.64 Å². The molecule has 0 saturated carbocycles. The monoisotopic (exact) mass is 568 g/mol. The molecule has 1 aliphatic rings. The molecule has 4 rings (SSSR count). The molecule has 3 N–H and O–H groups in total. The molecule has 1 heterocycles. The fourth-order valence-electron chi connectivity index (χ4n) is 4.59. The van der Waals surface area contributed by atoms with Crippen molar-refractivity contribution in [3.63, 3.8) is 0 Å². The summed E-state index contributed by atoms with van der Waals surface area (Å²) in [5, 5.41) is 23.0. The van der Waals surface area contributed by atoms with E-state index in [1.165, 1.54) is 28.7 Å². The van der Waals surface area contributed by atoms with Crippen molar-refractivity contribution in [1.29, 1.82) is 10.8 Å². The van der Waals surface area contributed by atoms with Crippen LogP contribution in [0.1, 0.15) is 36.1 Å². The first-order chi connectivity index (χ1) is 17.5. The van der Waals surface area contributed by atoms with E-state index in [-0.39, 0.29) is 27.8 Å². The Hall–Kier alpha value is -3.56. The summed E-state index contributed by atoms with van der Waals surface area (Å²) in [6.45, 7) is 5.30. The molecular formula is C29H30CoF3N3O2. The topological polar surface area (TPSA) is 80.4 Å². The van der Waals surface area contributed by atoms with Crippen LogP contribution in [0, 0.1) is 10.8 Å². The van der Waals surface area contributed by atoms with E-state index in [1.54, 1.807) is 7.11 Å². The third-order valence-electron chi connectivity index (χ3n) is 6.39. The van der Waals surface area contributed by atoms with E-state index >= 15 is 0 Å². The molecule has 0 aliphatic carbocycles. The summed E-state index contributed by atoms with van der Waals surface area (Å²) in [5.41, 5.74) is 4.03. The normalized spacial score (nSPS) is 17.1. The number of hydrogen-bond acceptors (Lipinski definition) is 4. The molecule has 1 radical (unpaired) electrons. The van der Waals surface area contributed by atoms with Gasteiger partial charge in [0.05, 0.1) is 12.7 Å². The van der Waals surface area contributed by atoms with Gasteiger partial charge in [0.15, 0.2) is 0 Å². The molecule has 3 aromatic carbocycles. The van der Waals surface area contributed by atoms with E-state index in [2.05, 4.69) is 55.1 Å². The molecule has 0 amide bonds. The summed E-state index contributed by atoms with van der Waals surface area (Å²) in [6, 6.07) is 20.6. The van der Waals surface area contributed by atoms with Crippen molar-refractivity contribution in [2.24, 2.45) is 0 Å². The maximum atomic E-state index is 12.0. The third-order valence-corrected chi connectivity index (χ3v) is 6.39. The number of fused-ring (bicyclic) bond motifs is 1. The van der Waals surface area contributed by atoms with Crippen molar-refractivity contribution in [1.82, 2.24) is 0 Å². The Morgan fingerprint density at radius 2 is 1.68 bits per heavy atom. The molecule has 5 nitrogen and oxygen atoms in total. The summed E-state index contributed by atoms with van der Waals surface area (Å²) in [5.74, 6) is 0.133. The molecular weight excluding hydrogens is 538 g/mol. The third kappa shape index (κ3) is 6.65. The van der Waals surface area contributed by atoms with Crippen molar-refractivity contribution < 1.29 is 39.8 Å². The van der Waals surface area contributed by atoms with E-state index < -0.39 is 17.6 Å². The molecule has 9 heteroatoms. The zero-order valence-corrected chi connectivity index (χ0v) is 22.3. The number of likely N-dealkylation sites (N-methyl/N-ethyl adjacent to an activating group) is 1. The molecule has 1 unspecified atom stereocenters. The molecule has 38 heavy (non-hydrogen) atoms. The Labute approximate surface area is 231 Å². The predicted molar refractivity (Wildman–Crippen MR) is 141 cm³/mol. The second-order valence-corrected chi connectivity index (χ2v) is 8.76. The van der Waals surface area contributed by atoms with E-state index in [0.29, 0.717) is 0 Å². The first-order valence-electron chi connectivity index (χ1n) is 11.7. The number of nitrogens with zero attached hydrogens (tertiary/aromatic N) is 1. The van der Waals surface area contributed by atoms with Gasteiger partial charge in [-0.3, -0.25) is 5.41 Å². The number of methoxy groups -OCH3 is 1. The fourth-order valence-corrected chi connectivity index (χ4v) is 4.59. The number of benzene rings is 3. The van der Waals surface area contributed by atoms with Crippen molar-refractivity contribution in [2.75, 3.05) is 18.6 Å². The van der Waals surface area contributed by atoms with Crippen LogP contribution in [0.25, 0.3) is 0 Å². The first-order valence-corrected chi connectivity index (χ1v) is 11.7. The SMILES string of the molecule is CCN1/C(=C\C=N)C(C)(Cc2ccccc2)c2cc(OC)ccc21.N=C(O)c1ccc(C(F)(F)F)cc1.[Co]. The number of aliphatic hydroxyl groups is 1. The van der Waals surface area contributed by atoms with Gasteiger partial charge < -0.3 is 20.2 Å². The number of aliphatic hydroxyl groups excluding tert-OH is 1. The summed E-state index contributed by atoms with van der Waals surface area (Å²) in [6.07, 6.45) is -0.163. The number of hydrogen-bond donors (Lipinski definition) is 3. The van der Waals surface area contributed by atoms with Gasteiger partial charge in [-0.15, -0.1) is 0 Å². The molecule has 1 aliphatic heterocycles. The van der Waals surface area contributed by atoms with Crippen molar-refractivity contribution in [3.05, 3.63) is 107 Å². The molecule has 3 aromatic rings. The van der Waals surface area contributed by atoms with Crippen LogP contribution in [0.15, 0.2) is 84.6 Å². The number of rotatable bonds is 6. The predicted octanol–water partition coefficient (Wildman–Crippen LogP) is 7.16. The maximum absolute atomic E-state index is 12.0. The minimum atomic E-state index is -4.38. The Kier molecular flexibility index (Phi) is 10.3. The van der Waals surface area contributed by atoms with Gasteiger partial charge in [0, 0.05) is 51.9 Å². The van der Waals surface area contributed by atoms with Gasteiger partial charge in [0.1, 0.15) is 5.75 Å². The van der Waals surface area contributed by atoms with Crippen molar-refractivity contribution in [3.8, 4) is 5.75 Å². The maximum Gasteiger partial charge on any atom is 0.416 e. The summed E-state index contributed by atoms with van der Waals surface area (Å²) in [4.78, 5) is 2.31. The summed E-state index contributed by atoms with van der Waals surface area (Å²) < 4.78 is 41.5. The zero-order chi connectivity index (χ0) is 27.2. The summed E-state index contributed by atoms with van der Waals surface area (Å²) in [7, 11) is 1.71. The molecule has 203 valence electrons. The average molecular weight is 569 g/mol. The van der Waals surface area contributed by atoms with Gasteiger partial charge in [-0.1, -0.05) is 30.3 Å². The number of halogens is 3. The average Bonchev–Trinajstić information content (AvgIpc) is 3.11. The van der Waals surface area contributed by atoms with Gasteiger partial charge in [0.25, 0.3) is 0 Å². The van der Waals surface area contributed by atoms with E-state index in [4.69, 9.17) is 20.7 Å². The number of alkyl halides is 3. The Bertz CT molecular complexity index is 1280. The minimum Gasteiger partial charge on any atom is -0.497 e. The molecule has 0 spiro atoms. The van der Waals surface area contributed by atoms with Gasteiger partial charge in [-0.2, -0.15) is 13.2 Å². The van der Waals surface area contributed by atoms with Crippen LogP contribution in [0.5, 0.6) is 5.75 Å². The second-order valence-electron chi connectivity index (χ2n) is 8.76. The van der Waals surface area contributed by atoms with Gasteiger partial charge in [-0.05, 0) is 79.9 Å². The van der Waals surface area contributed by atoms with Gasteiger partial charge >= 0.3 is 6.18 Å². The molecule has 0 bridgehead atoms. The van der Waals surface area contributed by atoms with Crippen LogP contribution >= 0.6 is 0 Å². The molecule has 0 saturated heterocycles. The van der Waals surface area contributed by atoms with Crippen LogP contribution in [0.2, 0.25) is 0 Å². The second kappa shape index (κ2) is 12.8. The van der Waals surface area contributed by atoms with E-state index in [1.807, 2.05) is 18.2 Å². The van der Waals surface area contributed by atoms with Crippen LogP contribution in [0.4, 0.5) is 18.9 Å². The van der Waals surface area contributed by atoms with Gasteiger partial charge in [0.2, 0.25) is 5.90 Å². The largest absolute Gasteiger partial charge is 0.497 e. The Morgan fingerprint density at radius 3 is 2.18 bits per heavy atom. The number of ether oxygens (including phenoxy) is 1. The molecule has 0 aromatic heterocycles. The fraction of sp³-hybridized carbons (Fsp3) is 0.241. The van der Waals surface area contributed by atoms with Crippen LogP contribution in [0.3, 0.4) is 0 Å². The standard InChI is InChI=1S/C21H24N2O.C8H6F3NO.Co/c1-4-23-19-11-10-17(24-3)14-18(19)21(2,20(23)12-13-22)15-16-8-6-5-7-9-16;9-8(10,11)6-3-1-5(2-4-6)7(12)13;/h5-14,22H,4,15H2,1-3H3;1-4H,(H2,12,13);/b20-12-,22-13?;;.